The first-order valence-electron chi connectivity index (χ1n) is 12.1. The van der Waals surface area contributed by atoms with Crippen LogP contribution >= 0.6 is 0 Å². The molecule has 0 saturated heterocycles. The second-order valence-corrected chi connectivity index (χ2v) is 11.9. The van der Waals surface area contributed by atoms with E-state index in [1.807, 2.05) is 13.0 Å². The molecule has 8 atom stereocenters. The fourth-order valence-electron chi connectivity index (χ4n) is 8.50. The molecule has 0 heterocycles. The van der Waals surface area contributed by atoms with Crippen molar-refractivity contribution in [2.24, 2.45) is 52.0 Å². The molecule has 172 valence electrons. The zero-order valence-corrected chi connectivity index (χ0v) is 19.4. The second kappa shape index (κ2) is 7.78. The summed E-state index contributed by atoms with van der Waals surface area (Å²) in [5.74, 6) is 8.81. The van der Waals surface area contributed by atoms with Crippen molar-refractivity contribution in [2.75, 3.05) is 6.54 Å². The molecular weight excluding hydrogens is 388 g/mol. The Balaban J connectivity index is 1.49. The average molecular weight is 429 g/mol. The van der Waals surface area contributed by atoms with Gasteiger partial charge in [-0.2, -0.15) is 5.26 Å². The van der Waals surface area contributed by atoms with Crippen molar-refractivity contribution in [3.05, 3.63) is 11.9 Å². The fraction of sp³-hybridized carbons (Fsp3) is 0.840. The van der Waals surface area contributed by atoms with E-state index in [1.54, 1.807) is 0 Å². The van der Waals surface area contributed by atoms with Gasteiger partial charge in [-0.25, -0.2) is 5.84 Å². The van der Waals surface area contributed by atoms with E-state index in [2.05, 4.69) is 13.8 Å². The summed E-state index contributed by atoms with van der Waals surface area (Å²) in [5, 5.41) is 20.8. The van der Waals surface area contributed by atoms with E-state index >= 15 is 0 Å². The number of nitrogens with two attached hydrogens (primary N) is 2. The number of Topliss-reactive ketones (excluding diaryl/α,β-unsaturated/α-hetero) is 1. The van der Waals surface area contributed by atoms with Crippen LogP contribution in [0.5, 0.6) is 0 Å². The molecule has 6 heteroatoms. The summed E-state index contributed by atoms with van der Waals surface area (Å²) in [5.41, 5.74) is 5.45. The molecule has 0 spiro atoms. The molecular formula is C25H40N4O2. The van der Waals surface area contributed by atoms with Crippen LogP contribution in [0, 0.1) is 51.8 Å². The van der Waals surface area contributed by atoms with Crippen molar-refractivity contribution in [2.45, 2.75) is 84.2 Å². The first-order valence-corrected chi connectivity index (χ1v) is 12.1. The van der Waals surface area contributed by atoms with Crippen LogP contribution in [0.15, 0.2) is 11.9 Å². The molecule has 0 aromatic rings. The first kappa shape index (κ1) is 22.6. The van der Waals surface area contributed by atoms with Gasteiger partial charge in [-0.1, -0.05) is 13.8 Å². The Hall–Kier alpha value is -1.58. The molecule has 6 nitrogen and oxygen atoms in total. The van der Waals surface area contributed by atoms with Gasteiger partial charge in [0.25, 0.3) is 0 Å². The molecule has 4 aliphatic rings. The summed E-state index contributed by atoms with van der Waals surface area (Å²) in [6.07, 6.45) is 11.2. The third-order valence-corrected chi connectivity index (χ3v) is 10.1. The summed E-state index contributed by atoms with van der Waals surface area (Å²) in [6.45, 7) is 6.98. The molecule has 0 amide bonds. The average Bonchev–Trinajstić information content (AvgIpc) is 3.05. The Morgan fingerprint density at radius 1 is 1.10 bits per heavy atom. The molecule has 4 saturated carbocycles. The standard InChI is InChI=1S/C25H40N4O2/c1-23(31)10-11-24(2)16(12-23)4-5-18-19-6-7-21(25(19,3)9-8-20(18)24)22(30)15-29(28)14-17(27)13-26/h14,16,18-21,31H,4-12,15,27-28H2,1-3H3/b17-14-/t16-,18+,19+,20+,21-,23-,24+,25+/m1/s1. The minimum atomic E-state index is -0.497. The quantitative estimate of drug-likeness (QED) is 0.359. The van der Waals surface area contributed by atoms with Crippen LogP contribution in [0.4, 0.5) is 0 Å². The maximum absolute atomic E-state index is 13.2. The highest BCUT2D eigenvalue weighted by molar-refractivity contribution is 5.84. The Morgan fingerprint density at radius 2 is 1.81 bits per heavy atom. The van der Waals surface area contributed by atoms with E-state index in [4.69, 9.17) is 16.8 Å². The molecule has 0 aromatic heterocycles. The van der Waals surface area contributed by atoms with Gasteiger partial charge in [0.15, 0.2) is 5.78 Å². The van der Waals surface area contributed by atoms with Gasteiger partial charge in [-0.3, -0.25) is 4.79 Å². The number of hydrogen-bond acceptors (Lipinski definition) is 6. The van der Waals surface area contributed by atoms with E-state index in [-0.39, 0.29) is 29.4 Å². The monoisotopic (exact) mass is 428 g/mol. The van der Waals surface area contributed by atoms with Gasteiger partial charge in [0, 0.05) is 12.1 Å². The Morgan fingerprint density at radius 3 is 2.52 bits per heavy atom. The lowest BCUT2D eigenvalue weighted by molar-refractivity contribution is -0.151. The molecule has 5 N–H and O–H groups in total. The van der Waals surface area contributed by atoms with Gasteiger partial charge in [0.05, 0.1) is 12.1 Å². The number of rotatable bonds is 4. The first-order chi connectivity index (χ1) is 14.5. The Bertz CT molecular complexity index is 802. The number of hydrazine groups is 1. The summed E-state index contributed by atoms with van der Waals surface area (Å²) >= 11 is 0. The predicted octanol–water partition coefficient (Wildman–Crippen LogP) is 3.46. The summed E-state index contributed by atoms with van der Waals surface area (Å²) in [4.78, 5) is 13.2. The lowest BCUT2D eigenvalue weighted by Gasteiger charge is -2.61. The van der Waals surface area contributed by atoms with Crippen molar-refractivity contribution < 1.29 is 9.90 Å². The van der Waals surface area contributed by atoms with Crippen LogP contribution in [0.3, 0.4) is 0 Å². The number of hydrogen-bond donors (Lipinski definition) is 3. The van der Waals surface area contributed by atoms with Crippen LogP contribution < -0.4 is 11.6 Å². The minimum absolute atomic E-state index is 0.0165. The van der Waals surface area contributed by atoms with E-state index in [1.165, 1.54) is 30.5 Å². The summed E-state index contributed by atoms with van der Waals surface area (Å²) in [6, 6.07) is 1.84. The largest absolute Gasteiger partial charge is 0.390 e. The minimum Gasteiger partial charge on any atom is -0.390 e. The Labute approximate surface area is 187 Å². The van der Waals surface area contributed by atoms with E-state index in [0.29, 0.717) is 23.2 Å². The van der Waals surface area contributed by atoms with Gasteiger partial charge >= 0.3 is 0 Å². The highest BCUT2D eigenvalue weighted by atomic mass is 16.3. The molecule has 4 aliphatic carbocycles. The highest BCUT2D eigenvalue weighted by Crippen LogP contribution is 2.68. The molecule has 0 bridgehead atoms. The maximum Gasteiger partial charge on any atom is 0.157 e. The van der Waals surface area contributed by atoms with Gasteiger partial charge < -0.3 is 15.8 Å². The lowest BCUT2D eigenvalue weighted by Crippen LogP contribution is -2.56. The lowest BCUT2D eigenvalue weighted by atomic mass is 9.44. The third kappa shape index (κ3) is 3.78. The number of fused-ring (bicyclic) bond motifs is 5. The van der Waals surface area contributed by atoms with Crippen LogP contribution in [0.25, 0.3) is 0 Å². The fourth-order valence-corrected chi connectivity index (χ4v) is 8.50. The number of aliphatic hydroxyl groups is 1. The van der Waals surface area contributed by atoms with Crippen molar-refractivity contribution in [1.82, 2.24) is 5.01 Å². The van der Waals surface area contributed by atoms with E-state index in [0.717, 1.165) is 44.4 Å². The molecule has 0 radical (unpaired) electrons. The molecule has 0 aromatic carbocycles. The zero-order valence-electron chi connectivity index (χ0n) is 19.4. The smallest absolute Gasteiger partial charge is 0.157 e. The molecule has 4 fully saturated rings. The maximum atomic E-state index is 13.2. The number of nitriles is 1. The van der Waals surface area contributed by atoms with Gasteiger partial charge in [-0.05, 0) is 99.2 Å². The van der Waals surface area contributed by atoms with Crippen molar-refractivity contribution in [3.8, 4) is 6.07 Å². The second-order valence-electron chi connectivity index (χ2n) is 11.9. The van der Waals surface area contributed by atoms with Crippen LogP contribution in [0.1, 0.15) is 78.6 Å². The van der Waals surface area contributed by atoms with Gasteiger partial charge in [0.2, 0.25) is 0 Å². The number of allylic oxidation sites excluding steroid dienone is 1. The molecule has 0 unspecified atom stereocenters. The van der Waals surface area contributed by atoms with E-state index in [9.17, 15) is 9.90 Å². The topological polar surface area (TPSA) is 116 Å². The Kier molecular flexibility index (Phi) is 5.67. The van der Waals surface area contributed by atoms with Crippen LogP contribution in [-0.4, -0.2) is 28.0 Å². The summed E-state index contributed by atoms with van der Waals surface area (Å²) < 4.78 is 0. The van der Waals surface area contributed by atoms with Crippen LogP contribution in [-0.2, 0) is 4.79 Å². The third-order valence-electron chi connectivity index (χ3n) is 10.1. The molecule has 31 heavy (non-hydrogen) atoms. The van der Waals surface area contributed by atoms with Crippen molar-refractivity contribution >= 4 is 5.78 Å². The number of nitrogens with zero attached hydrogens (tertiary/aromatic N) is 2. The van der Waals surface area contributed by atoms with Gasteiger partial charge in [-0.15, -0.1) is 0 Å². The normalized spacial score (nSPS) is 47.0. The number of carbonyl (C=O) groups is 1. The summed E-state index contributed by atoms with van der Waals surface area (Å²) in [7, 11) is 0. The number of carbonyl (C=O) groups excluding carboxylic acids is 1. The van der Waals surface area contributed by atoms with Crippen LogP contribution in [0.2, 0.25) is 0 Å². The molecule has 4 rings (SSSR count). The predicted molar refractivity (Wildman–Crippen MR) is 120 cm³/mol. The zero-order chi connectivity index (χ0) is 22.6. The number of ketones is 1. The SMILES string of the molecule is C[C@@]1(O)CC[C@@]2(C)[C@H](CC[C@@H]3[C@@H]2CC[C@]2(C)[C@@H](C(=O)CN(N)/C=C(\N)C#N)CC[C@@H]32)C1. The van der Waals surface area contributed by atoms with Crippen molar-refractivity contribution in [3.63, 3.8) is 0 Å². The van der Waals surface area contributed by atoms with Crippen molar-refractivity contribution in [1.29, 1.82) is 5.26 Å². The van der Waals surface area contributed by atoms with E-state index < -0.39 is 5.60 Å². The highest BCUT2D eigenvalue weighted by Gasteiger charge is 2.61. The van der Waals surface area contributed by atoms with Gasteiger partial charge in [0.1, 0.15) is 11.8 Å². The molecule has 0 aliphatic heterocycles.